The molecule has 0 spiro atoms. The minimum atomic E-state index is -0.621. The van der Waals surface area contributed by atoms with E-state index in [-0.39, 0.29) is 11.7 Å². The van der Waals surface area contributed by atoms with E-state index in [1.165, 1.54) is 16.8 Å². The molecule has 3 rings (SSSR count). The van der Waals surface area contributed by atoms with E-state index in [9.17, 15) is 9.18 Å². The number of carbonyl (C=O) groups is 1. The van der Waals surface area contributed by atoms with Crippen LogP contribution in [0.2, 0.25) is 0 Å². The topological polar surface area (TPSA) is 81.9 Å². The van der Waals surface area contributed by atoms with Gasteiger partial charge in [0.25, 0.3) is 0 Å². The van der Waals surface area contributed by atoms with Crippen LogP contribution in [0.3, 0.4) is 0 Å². The maximum Gasteiger partial charge on any atom is 0.245 e. The average molecular weight is 333 g/mol. The Kier molecular flexibility index (Phi) is 5.14. The van der Waals surface area contributed by atoms with Crippen molar-refractivity contribution in [3.8, 4) is 0 Å². The Balaban J connectivity index is 1.74. The van der Waals surface area contributed by atoms with Gasteiger partial charge in [-0.15, -0.1) is 5.10 Å². The minimum Gasteiger partial charge on any atom is -0.381 e. The first-order chi connectivity index (χ1) is 11.6. The van der Waals surface area contributed by atoms with E-state index in [4.69, 9.17) is 4.74 Å². The van der Waals surface area contributed by atoms with Crippen LogP contribution in [0.15, 0.2) is 24.3 Å². The number of nitrogens with one attached hydrogen (secondary N) is 1. The summed E-state index contributed by atoms with van der Waals surface area (Å²) in [7, 11) is 0. The van der Waals surface area contributed by atoms with E-state index >= 15 is 0 Å². The molecule has 0 unspecified atom stereocenters. The number of halogens is 1. The highest BCUT2D eigenvalue weighted by molar-refractivity contribution is 5.80. The molecular formula is C16H20FN5O2. The van der Waals surface area contributed by atoms with Gasteiger partial charge in [-0.2, -0.15) is 0 Å². The number of amides is 1. The number of nitrogens with zero attached hydrogens (tertiary/aromatic N) is 4. The zero-order chi connectivity index (χ0) is 16.9. The first kappa shape index (κ1) is 16.5. The minimum absolute atomic E-state index is 0.179. The van der Waals surface area contributed by atoms with Gasteiger partial charge in [-0.25, -0.2) is 9.07 Å². The molecule has 24 heavy (non-hydrogen) atoms. The van der Waals surface area contributed by atoms with Gasteiger partial charge in [-0.3, -0.25) is 4.79 Å². The van der Waals surface area contributed by atoms with Gasteiger partial charge in [-0.1, -0.05) is 12.1 Å². The molecule has 1 aromatic carbocycles. The van der Waals surface area contributed by atoms with Crippen molar-refractivity contribution in [2.24, 2.45) is 5.92 Å². The quantitative estimate of drug-likeness (QED) is 0.855. The lowest BCUT2D eigenvalue weighted by Gasteiger charge is -2.19. The standard InChI is InChI=1S/C16H20FN5O2/c1-11-19-20-21-22(11)15(8-12-3-2-4-14(17)7-12)16(23)18-9-13-5-6-24-10-13/h2-4,7,13,15H,5-6,8-10H2,1H3,(H,18,23)/t13-,15-/m0/s1. The van der Waals surface area contributed by atoms with Crippen molar-refractivity contribution in [2.75, 3.05) is 19.8 Å². The molecule has 0 radical (unpaired) electrons. The van der Waals surface area contributed by atoms with Crippen LogP contribution in [0.4, 0.5) is 4.39 Å². The molecule has 7 nitrogen and oxygen atoms in total. The zero-order valence-corrected chi connectivity index (χ0v) is 13.5. The molecule has 1 fully saturated rings. The van der Waals surface area contributed by atoms with E-state index in [0.29, 0.717) is 36.9 Å². The molecule has 128 valence electrons. The van der Waals surface area contributed by atoms with Crippen molar-refractivity contribution in [2.45, 2.75) is 25.8 Å². The third kappa shape index (κ3) is 3.94. The maximum atomic E-state index is 13.4. The highest BCUT2D eigenvalue weighted by Crippen LogP contribution is 2.17. The number of hydrogen-bond donors (Lipinski definition) is 1. The number of carbonyl (C=O) groups excluding carboxylic acids is 1. The summed E-state index contributed by atoms with van der Waals surface area (Å²) in [6.45, 7) is 3.69. The first-order valence-corrected chi connectivity index (χ1v) is 7.98. The molecule has 1 amide bonds. The smallest absolute Gasteiger partial charge is 0.245 e. The summed E-state index contributed by atoms with van der Waals surface area (Å²) in [5.41, 5.74) is 0.717. The summed E-state index contributed by atoms with van der Waals surface area (Å²) in [6.07, 6.45) is 1.26. The molecule has 2 heterocycles. The predicted molar refractivity (Wildman–Crippen MR) is 83.6 cm³/mol. The van der Waals surface area contributed by atoms with Crippen molar-refractivity contribution >= 4 is 5.91 Å². The van der Waals surface area contributed by atoms with E-state index in [1.807, 2.05) is 0 Å². The lowest BCUT2D eigenvalue weighted by Crippen LogP contribution is -2.37. The second-order valence-electron chi connectivity index (χ2n) is 6.00. The number of hydrogen-bond acceptors (Lipinski definition) is 5. The van der Waals surface area contributed by atoms with Crippen LogP contribution in [0, 0.1) is 18.7 Å². The molecule has 8 heteroatoms. The largest absolute Gasteiger partial charge is 0.381 e. The third-order valence-electron chi connectivity index (χ3n) is 4.16. The molecule has 1 N–H and O–H groups in total. The van der Waals surface area contributed by atoms with Gasteiger partial charge in [0.2, 0.25) is 5.91 Å². The van der Waals surface area contributed by atoms with Gasteiger partial charge in [0.1, 0.15) is 17.7 Å². The van der Waals surface area contributed by atoms with Gasteiger partial charge in [0.05, 0.1) is 6.61 Å². The monoisotopic (exact) mass is 333 g/mol. The van der Waals surface area contributed by atoms with Crippen molar-refractivity contribution in [3.05, 3.63) is 41.5 Å². The third-order valence-corrected chi connectivity index (χ3v) is 4.16. The second-order valence-corrected chi connectivity index (χ2v) is 6.00. The molecule has 1 aromatic heterocycles. The van der Waals surface area contributed by atoms with Gasteiger partial charge in [0, 0.05) is 25.5 Å². The number of ether oxygens (including phenoxy) is 1. The van der Waals surface area contributed by atoms with Crippen LogP contribution in [0.25, 0.3) is 0 Å². The van der Waals surface area contributed by atoms with Crippen molar-refractivity contribution < 1.29 is 13.9 Å². The van der Waals surface area contributed by atoms with Gasteiger partial charge in [0.15, 0.2) is 0 Å². The Hall–Kier alpha value is -2.35. The molecule has 1 saturated heterocycles. The summed E-state index contributed by atoms with van der Waals surface area (Å²) in [5, 5.41) is 14.3. The number of tetrazole rings is 1. The number of aromatic nitrogens is 4. The predicted octanol–water partition coefficient (Wildman–Crippen LogP) is 1.06. The van der Waals surface area contributed by atoms with Gasteiger partial charge >= 0.3 is 0 Å². The van der Waals surface area contributed by atoms with E-state index in [1.54, 1.807) is 19.1 Å². The van der Waals surface area contributed by atoms with Crippen molar-refractivity contribution in [1.82, 2.24) is 25.5 Å². The molecule has 0 bridgehead atoms. The second kappa shape index (κ2) is 7.48. The Morgan fingerprint density at radius 2 is 2.42 bits per heavy atom. The zero-order valence-electron chi connectivity index (χ0n) is 13.5. The van der Waals surface area contributed by atoms with Gasteiger partial charge < -0.3 is 10.1 Å². The van der Waals surface area contributed by atoms with Crippen molar-refractivity contribution in [1.29, 1.82) is 0 Å². The lowest BCUT2D eigenvalue weighted by atomic mass is 10.0. The fourth-order valence-electron chi connectivity index (χ4n) is 2.81. The first-order valence-electron chi connectivity index (χ1n) is 7.98. The molecule has 1 aliphatic heterocycles. The Morgan fingerprint density at radius 3 is 3.08 bits per heavy atom. The van der Waals surface area contributed by atoms with Crippen LogP contribution in [0.5, 0.6) is 0 Å². The summed E-state index contributed by atoms with van der Waals surface area (Å²) >= 11 is 0. The van der Waals surface area contributed by atoms with Gasteiger partial charge in [-0.05, 0) is 41.5 Å². The number of aryl methyl sites for hydroxylation is 1. The summed E-state index contributed by atoms with van der Waals surface area (Å²) in [6, 6.07) is 5.59. The average Bonchev–Trinajstić information content (AvgIpc) is 3.22. The Bertz CT molecular complexity index is 699. The van der Waals surface area contributed by atoms with Crippen LogP contribution >= 0.6 is 0 Å². The number of rotatable bonds is 6. The highest BCUT2D eigenvalue weighted by atomic mass is 19.1. The van der Waals surface area contributed by atoms with Crippen LogP contribution in [0.1, 0.15) is 23.9 Å². The fraction of sp³-hybridized carbons (Fsp3) is 0.500. The highest BCUT2D eigenvalue weighted by Gasteiger charge is 2.25. The van der Waals surface area contributed by atoms with Crippen LogP contribution in [-0.4, -0.2) is 45.9 Å². The Morgan fingerprint density at radius 1 is 1.54 bits per heavy atom. The SMILES string of the molecule is Cc1nnnn1[C@@H](Cc1cccc(F)c1)C(=O)NC[C@@H]1CCOC1. The van der Waals surface area contributed by atoms with Crippen LogP contribution in [-0.2, 0) is 16.0 Å². The lowest BCUT2D eigenvalue weighted by molar-refractivity contribution is -0.124. The number of benzene rings is 1. The van der Waals surface area contributed by atoms with Crippen LogP contribution < -0.4 is 5.32 Å². The molecule has 1 aliphatic rings. The normalized spacial score (nSPS) is 18.5. The Labute approximate surface area is 139 Å². The fourth-order valence-corrected chi connectivity index (χ4v) is 2.81. The molecule has 0 aliphatic carbocycles. The summed E-state index contributed by atoms with van der Waals surface area (Å²) < 4.78 is 20.2. The summed E-state index contributed by atoms with van der Waals surface area (Å²) in [5.74, 6) is 0.360. The molecular weight excluding hydrogens is 313 g/mol. The van der Waals surface area contributed by atoms with E-state index in [2.05, 4.69) is 20.8 Å². The van der Waals surface area contributed by atoms with E-state index in [0.717, 1.165) is 13.0 Å². The molecule has 2 aromatic rings. The summed E-state index contributed by atoms with van der Waals surface area (Å²) in [4.78, 5) is 12.7. The van der Waals surface area contributed by atoms with E-state index < -0.39 is 6.04 Å². The maximum absolute atomic E-state index is 13.4. The molecule has 2 atom stereocenters. The van der Waals surface area contributed by atoms with Crippen molar-refractivity contribution in [3.63, 3.8) is 0 Å². The molecule has 0 saturated carbocycles.